The Balaban J connectivity index is 0.000000153. The van der Waals surface area contributed by atoms with E-state index >= 15 is 0 Å². The smallest absolute Gasteiger partial charge is 0.336 e. The molecular weight excluding hydrogens is 765 g/mol. The molecule has 10 rings (SSSR count). The van der Waals surface area contributed by atoms with E-state index in [4.69, 9.17) is 40.0 Å². The maximum atomic E-state index is 11.8. The number of carbonyl (C=O) groups excluding carboxylic acids is 2. The fraction of sp³-hybridized carbons (Fsp3) is 0.273. The Labute approximate surface area is 334 Å². The molecule has 0 amide bonds. The van der Waals surface area contributed by atoms with E-state index in [0.717, 1.165) is 54.4 Å². The van der Waals surface area contributed by atoms with Crippen LogP contribution in [-0.4, -0.2) is 68.9 Å². The van der Waals surface area contributed by atoms with Gasteiger partial charge in [0.2, 0.25) is 0 Å². The van der Waals surface area contributed by atoms with Crippen LogP contribution < -0.4 is 5.63 Å². The first-order valence-corrected chi connectivity index (χ1v) is 19.3. The van der Waals surface area contributed by atoms with E-state index in [1.807, 2.05) is 71.3 Å². The highest BCUT2D eigenvalue weighted by atomic mass is 32.1. The van der Waals surface area contributed by atoms with E-state index in [0.29, 0.717) is 28.7 Å². The number of benzene rings is 4. The molecule has 14 heteroatoms. The Morgan fingerprint density at radius 3 is 1.86 bits per heavy atom. The lowest BCUT2D eigenvalue weighted by Gasteiger charge is -2.18. The van der Waals surface area contributed by atoms with Crippen LogP contribution in [0.3, 0.4) is 0 Å². The lowest BCUT2D eigenvalue weighted by Crippen LogP contribution is -2.31. The van der Waals surface area contributed by atoms with E-state index in [-0.39, 0.29) is 19.4 Å². The lowest BCUT2D eigenvalue weighted by molar-refractivity contribution is -0.155. The number of nitrogens with zero attached hydrogens (tertiary/aromatic N) is 2. The van der Waals surface area contributed by atoms with Crippen molar-refractivity contribution >= 4 is 89.7 Å². The van der Waals surface area contributed by atoms with E-state index in [9.17, 15) is 24.6 Å². The third-order valence-electron chi connectivity index (χ3n) is 10.8. The fourth-order valence-electron chi connectivity index (χ4n) is 8.32. The van der Waals surface area contributed by atoms with E-state index < -0.39 is 48.2 Å². The summed E-state index contributed by atoms with van der Waals surface area (Å²) in [6.45, 7) is 2.44. The van der Waals surface area contributed by atoms with Gasteiger partial charge in [0, 0.05) is 77.2 Å². The summed E-state index contributed by atoms with van der Waals surface area (Å²) in [7, 11) is 0. The molecule has 8 aromatic rings. The van der Waals surface area contributed by atoms with Crippen molar-refractivity contribution < 1.29 is 47.6 Å². The number of fused-ring (bicyclic) bond motifs is 8. The monoisotopic (exact) mass is 802 g/mol. The molecule has 13 nitrogen and oxygen atoms in total. The van der Waals surface area contributed by atoms with E-state index in [1.165, 1.54) is 19.9 Å². The van der Waals surface area contributed by atoms with Gasteiger partial charge in [0.25, 0.3) is 0 Å². The van der Waals surface area contributed by atoms with Crippen molar-refractivity contribution in [2.24, 2.45) is 0 Å². The van der Waals surface area contributed by atoms with Crippen LogP contribution in [0, 0.1) is 4.71 Å². The summed E-state index contributed by atoms with van der Waals surface area (Å²) < 4.78 is 38.4. The number of hydrogen-bond acceptors (Lipinski definition) is 12. The molecule has 6 heterocycles. The van der Waals surface area contributed by atoms with Gasteiger partial charge in [-0.25, -0.2) is 4.79 Å². The molecular formula is C44H38N2O11S. The van der Waals surface area contributed by atoms with Gasteiger partial charge in [-0.3, -0.25) is 9.59 Å². The van der Waals surface area contributed by atoms with Gasteiger partial charge in [-0.15, -0.1) is 0 Å². The second-order valence-electron chi connectivity index (χ2n) is 14.5. The van der Waals surface area contributed by atoms with Crippen LogP contribution >= 0.6 is 12.2 Å². The maximum Gasteiger partial charge on any atom is 0.336 e. The van der Waals surface area contributed by atoms with Gasteiger partial charge in [0.05, 0.1) is 34.8 Å². The molecule has 0 spiro atoms. The molecule has 2 saturated heterocycles. The first-order chi connectivity index (χ1) is 28.1. The highest BCUT2D eigenvalue weighted by Crippen LogP contribution is 2.41. The topological polar surface area (TPSA) is 165 Å². The highest BCUT2D eigenvalue weighted by Gasteiger charge is 2.40. The molecule has 4 aromatic carbocycles. The molecule has 2 N–H and O–H groups in total. The van der Waals surface area contributed by atoms with Crippen molar-refractivity contribution in [1.82, 2.24) is 9.13 Å². The van der Waals surface area contributed by atoms with Gasteiger partial charge >= 0.3 is 17.6 Å². The zero-order chi connectivity index (χ0) is 40.2. The standard InChI is InChI=1S/C24H21NO7.C20H17NO4S/c1-13(26)29-12-22-21(30-14(2)27)11-23(31-22)25-18-6-4-3-5-16(18)17-9-15-7-8-24(28)32-20(15)10-19(17)25;22-10-18-16(23)9-19(24-18)21-14-4-2-1-3-12(14)13-7-11-5-6-20(26)25-17(11)8-15(13)21/h3-10,21-23H,11-12H2,1-2H3;1-8,16,18-19,22-23H,9-10H2/t21?,22-,23-;16?,18-,19-/m11/s1. The Morgan fingerprint density at radius 1 is 0.707 bits per heavy atom. The van der Waals surface area contributed by atoms with Crippen LogP contribution in [0.15, 0.2) is 111 Å². The summed E-state index contributed by atoms with van der Waals surface area (Å²) in [5.41, 5.74) is 4.50. The van der Waals surface area contributed by atoms with Crippen molar-refractivity contribution in [1.29, 1.82) is 0 Å². The molecule has 2 aliphatic heterocycles. The first-order valence-electron chi connectivity index (χ1n) is 18.9. The molecule has 0 aliphatic carbocycles. The minimum atomic E-state index is -0.689. The van der Waals surface area contributed by atoms with Crippen molar-refractivity contribution in [3.05, 3.63) is 112 Å². The number of esters is 2. The van der Waals surface area contributed by atoms with E-state index in [1.54, 1.807) is 12.1 Å². The van der Waals surface area contributed by atoms with E-state index in [2.05, 4.69) is 16.7 Å². The number of rotatable bonds is 6. The average Bonchev–Trinajstić information content (AvgIpc) is 3.95. The van der Waals surface area contributed by atoms with Crippen molar-refractivity contribution in [2.75, 3.05) is 13.2 Å². The minimum absolute atomic E-state index is 0.0152. The fourth-order valence-corrected chi connectivity index (χ4v) is 8.48. The van der Waals surface area contributed by atoms with Crippen LogP contribution in [0.2, 0.25) is 0 Å². The first kappa shape index (κ1) is 37.7. The van der Waals surface area contributed by atoms with Gasteiger partial charge in [-0.2, -0.15) is 0 Å². The summed E-state index contributed by atoms with van der Waals surface area (Å²) in [6, 6.07) is 30.8. The Kier molecular flexibility index (Phi) is 9.82. The van der Waals surface area contributed by atoms with Gasteiger partial charge in [-0.1, -0.05) is 36.4 Å². The van der Waals surface area contributed by atoms with Crippen LogP contribution in [0.4, 0.5) is 0 Å². The zero-order valence-corrected chi connectivity index (χ0v) is 32.2. The average molecular weight is 803 g/mol. The van der Waals surface area contributed by atoms with Gasteiger partial charge in [0.15, 0.2) is 4.71 Å². The number of ether oxygens (including phenoxy) is 4. The third kappa shape index (κ3) is 6.82. The van der Waals surface area contributed by atoms with Gasteiger partial charge in [0.1, 0.15) is 48.5 Å². The summed E-state index contributed by atoms with van der Waals surface area (Å²) in [5, 5.41) is 25.6. The highest BCUT2D eigenvalue weighted by molar-refractivity contribution is 7.71. The normalized spacial score (nSPS) is 21.9. The summed E-state index contributed by atoms with van der Waals surface area (Å²) in [4.78, 5) is 34.7. The number of carbonyl (C=O) groups is 2. The molecule has 4 aromatic heterocycles. The maximum absolute atomic E-state index is 11.8. The largest absolute Gasteiger partial charge is 0.463 e. The van der Waals surface area contributed by atoms with Crippen LogP contribution in [0.1, 0.15) is 39.1 Å². The van der Waals surface area contributed by atoms with Crippen LogP contribution in [0.5, 0.6) is 0 Å². The molecule has 6 atom stereocenters. The quantitative estimate of drug-likeness (QED) is 0.0963. The molecule has 0 radical (unpaired) electrons. The number of para-hydroxylation sites is 2. The van der Waals surface area contributed by atoms with Crippen LogP contribution in [0.25, 0.3) is 65.6 Å². The summed E-state index contributed by atoms with van der Waals surface area (Å²) >= 11 is 5.15. The van der Waals surface area contributed by atoms with Crippen molar-refractivity contribution in [2.45, 2.75) is 63.6 Å². The Bertz CT molecular complexity index is 3020. The van der Waals surface area contributed by atoms with Gasteiger partial charge < -0.3 is 47.1 Å². The molecule has 296 valence electrons. The molecule has 2 aliphatic rings. The molecule has 0 saturated carbocycles. The summed E-state index contributed by atoms with van der Waals surface area (Å²) in [5.74, 6) is -0.862. The Hall–Kier alpha value is -5.90. The third-order valence-corrected chi connectivity index (χ3v) is 11.0. The predicted molar refractivity (Wildman–Crippen MR) is 218 cm³/mol. The molecule has 2 unspecified atom stereocenters. The molecule has 2 fully saturated rings. The zero-order valence-electron chi connectivity index (χ0n) is 31.4. The number of aromatic nitrogens is 2. The lowest BCUT2D eigenvalue weighted by atomic mass is 10.1. The van der Waals surface area contributed by atoms with Crippen molar-refractivity contribution in [3.63, 3.8) is 0 Å². The Morgan fingerprint density at radius 2 is 1.28 bits per heavy atom. The minimum Gasteiger partial charge on any atom is -0.463 e. The number of aliphatic hydroxyl groups excluding tert-OH is 2. The molecule has 0 bridgehead atoms. The number of aliphatic hydroxyl groups is 2. The second-order valence-corrected chi connectivity index (χ2v) is 14.9. The van der Waals surface area contributed by atoms with Crippen molar-refractivity contribution in [3.8, 4) is 0 Å². The van der Waals surface area contributed by atoms with Crippen LogP contribution in [-0.2, 0) is 28.5 Å². The molecule has 58 heavy (non-hydrogen) atoms. The second kappa shape index (κ2) is 15.1. The predicted octanol–water partition coefficient (Wildman–Crippen LogP) is 7.59. The SMILES string of the molecule is CC(=O)OC[C@H]1O[C@@H](n2c3ccccc3c3cc4ccc(=O)oc4cc32)CC1OC(C)=O.OC[C@H]1O[C@@H](n2c3ccccc3c3cc4ccc(=S)oc4cc32)CC1O. The number of hydrogen-bond donors (Lipinski definition) is 2. The van der Waals surface area contributed by atoms with Gasteiger partial charge in [-0.05, 0) is 54.7 Å². The summed E-state index contributed by atoms with van der Waals surface area (Å²) in [6.07, 6.45) is -2.44.